The molecule has 0 fully saturated rings. The van der Waals surface area contributed by atoms with Gasteiger partial charge in [-0.25, -0.2) is 9.48 Å². The number of ether oxygens (including phenoxy) is 1. The third-order valence-corrected chi connectivity index (χ3v) is 2.14. The first kappa shape index (κ1) is 11.7. The molecule has 15 heavy (non-hydrogen) atoms. The van der Waals surface area contributed by atoms with Crippen molar-refractivity contribution >= 4 is 5.97 Å². The van der Waals surface area contributed by atoms with Gasteiger partial charge in [0.1, 0.15) is 0 Å². The van der Waals surface area contributed by atoms with E-state index in [1.165, 1.54) is 7.11 Å². The summed E-state index contributed by atoms with van der Waals surface area (Å²) in [4.78, 5) is 11.4. The molecule has 0 aromatic carbocycles. The van der Waals surface area contributed by atoms with Crippen LogP contribution in [0.15, 0.2) is 0 Å². The quantitative estimate of drug-likeness (QED) is 0.691. The summed E-state index contributed by atoms with van der Waals surface area (Å²) < 4.78 is 6.45. The maximum Gasteiger partial charge on any atom is 0.360 e. The van der Waals surface area contributed by atoms with Crippen LogP contribution in [0.3, 0.4) is 0 Å². The Kier molecular flexibility index (Phi) is 4.27. The normalized spacial score (nSPS) is 10.3. The van der Waals surface area contributed by atoms with E-state index in [0.29, 0.717) is 5.69 Å². The molecule has 0 radical (unpaired) electrons. The van der Waals surface area contributed by atoms with Gasteiger partial charge in [-0.2, -0.15) is 0 Å². The van der Waals surface area contributed by atoms with Gasteiger partial charge in [0.2, 0.25) is 0 Å². The summed E-state index contributed by atoms with van der Waals surface area (Å²) in [5.74, 6) is -0.402. The van der Waals surface area contributed by atoms with E-state index >= 15 is 0 Å². The molecule has 1 aromatic rings. The summed E-state index contributed by atoms with van der Waals surface area (Å²) in [6.07, 6.45) is 2.74. The van der Waals surface area contributed by atoms with E-state index in [2.05, 4.69) is 28.9 Å². The topological polar surface area (TPSA) is 57.0 Å². The Bertz CT molecular complexity index is 333. The zero-order valence-corrected chi connectivity index (χ0v) is 9.49. The van der Waals surface area contributed by atoms with Crippen molar-refractivity contribution in [2.75, 3.05) is 7.11 Å². The summed E-state index contributed by atoms with van der Waals surface area (Å²) in [6, 6.07) is 0. The Morgan fingerprint density at radius 3 is 2.67 bits per heavy atom. The van der Waals surface area contributed by atoms with Gasteiger partial charge in [0.15, 0.2) is 5.69 Å². The molecule has 0 saturated carbocycles. The van der Waals surface area contributed by atoms with Crippen molar-refractivity contribution in [3.8, 4) is 0 Å². The molecule has 84 valence electrons. The van der Waals surface area contributed by atoms with E-state index < -0.39 is 5.97 Å². The molecule has 1 rings (SSSR count). The number of rotatable bonds is 5. The van der Waals surface area contributed by atoms with Crippen LogP contribution in [0.4, 0.5) is 0 Å². The average Bonchev–Trinajstić information content (AvgIpc) is 2.62. The lowest BCUT2D eigenvalue weighted by Gasteiger charge is -2.04. The van der Waals surface area contributed by atoms with Crippen molar-refractivity contribution in [2.45, 2.75) is 39.7 Å². The number of carbonyl (C=O) groups excluding carboxylic acids is 1. The predicted octanol–water partition coefficient (Wildman–Crippen LogP) is 1.43. The second kappa shape index (κ2) is 5.48. The van der Waals surface area contributed by atoms with Crippen LogP contribution in [0.25, 0.3) is 0 Å². The van der Waals surface area contributed by atoms with Crippen LogP contribution in [0.2, 0.25) is 0 Å². The van der Waals surface area contributed by atoms with Crippen LogP contribution in [0.5, 0.6) is 0 Å². The highest BCUT2D eigenvalue weighted by Crippen LogP contribution is 2.10. The molecule has 1 heterocycles. The fraction of sp³-hybridized carbons (Fsp3) is 0.700. The van der Waals surface area contributed by atoms with Crippen LogP contribution < -0.4 is 0 Å². The number of hydrogen-bond acceptors (Lipinski definition) is 4. The maximum absolute atomic E-state index is 11.4. The summed E-state index contributed by atoms with van der Waals surface area (Å²) in [5, 5.41) is 7.82. The highest BCUT2D eigenvalue weighted by atomic mass is 16.5. The molecular weight excluding hydrogens is 194 g/mol. The molecule has 5 heteroatoms. The molecule has 0 amide bonds. The van der Waals surface area contributed by atoms with Gasteiger partial charge in [0, 0.05) is 6.54 Å². The van der Waals surface area contributed by atoms with E-state index in [-0.39, 0.29) is 0 Å². The molecule has 0 bridgehead atoms. The van der Waals surface area contributed by atoms with Crippen molar-refractivity contribution in [2.24, 2.45) is 0 Å². The van der Waals surface area contributed by atoms with Crippen LogP contribution in [0.1, 0.15) is 42.9 Å². The van der Waals surface area contributed by atoms with Crippen molar-refractivity contribution in [3.05, 3.63) is 11.4 Å². The zero-order chi connectivity index (χ0) is 11.3. The standard InChI is InChI=1S/C10H17N3O2/c1-4-6-8-9(10(14)15-3)11-12-13(8)7-5-2/h4-7H2,1-3H3. The first-order chi connectivity index (χ1) is 7.24. The van der Waals surface area contributed by atoms with Crippen molar-refractivity contribution < 1.29 is 9.53 Å². The average molecular weight is 211 g/mol. The Morgan fingerprint density at radius 1 is 1.40 bits per heavy atom. The monoisotopic (exact) mass is 211 g/mol. The van der Waals surface area contributed by atoms with Crippen LogP contribution in [-0.2, 0) is 17.7 Å². The summed E-state index contributed by atoms with van der Waals surface area (Å²) in [5.41, 5.74) is 1.24. The SMILES string of the molecule is CCCc1c(C(=O)OC)nnn1CCC. The fourth-order valence-corrected chi connectivity index (χ4v) is 1.46. The number of carbonyl (C=O) groups is 1. The number of esters is 1. The minimum atomic E-state index is -0.402. The molecule has 0 saturated heterocycles. The molecule has 5 nitrogen and oxygen atoms in total. The number of aromatic nitrogens is 3. The number of methoxy groups -OCH3 is 1. The lowest BCUT2D eigenvalue weighted by Crippen LogP contribution is -2.09. The molecule has 0 aliphatic rings. The molecule has 0 aliphatic heterocycles. The van der Waals surface area contributed by atoms with E-state index in [1.807, 2.05) is 0 Å². The second-order valence-corrected chi connectivity index (χ2v) is 3.35. The molecule has 0 N–H and O–H groups in total. The third kappa shape index (κ3) is 2.55. The predicted molar refractivity (Wildman–Crippen MR) is 55.6 cm³/mol. The molecule has 0 spiro atoms. The van der Waals surface area contributed by atoms with Crippen LogP contribution >= 0.6 is 0 Å². The van der Waals surface area contributed by atoms with Gasteiger partial charge in [0.05, 0.1) is 12.8 Å². The van der Waals surface area contributed by atoms with Crippen molar-refractivity contribution in [3.63, 3.8) is 0 Å². The maximum atomic E-state index is 11.4. The Balaban J connectivity index is 2.99. The smallest absolute Gasteiger partial charge is 0.360 e. The van der Waals surface area contributed by atoms with E-state index in [1.54, 1.807) is 4.68 Å². The van der Waals surface area contributed by atoms with Crippen molar-refractivity contribution in [1.29, 1.82) is 0 Å². The first-order valence-corrected chi connectivity index (χ1v) is 5.25. The van der Waals surface area contributed by atoms with Gasteiger partial charge in [0.25, 0.3) is 0 Å². The van der Waals surface area contributed by atoms with Crippen molar-refractivity contribution in [1.82, 2.24) is 15.0 Å². The second-order valence-electron chi connectivity index (χ2n) is 3.35. The lowest BCUT2D eigenvalue weighted by atomic mass is 10.2. The Morgan fingerprint density at radius 2 is 2.13 bits per heavy atom. The van der Waals surface area contributed by atoms with Gasteiger partial charge in [-0.05, 0) is 12.8 Å². The van der Waals surface area contributed by atoms with Gasteiger partial charge >= 0.3 is 5.97 Å². The largest absolute Gasteiger partial charge is 0.464 e. The highest BCUT2D eigenvalue weighted by Gasteiger charge is 2.18. The van der Waals surface area contributed by atoms with Gasteiger partial charge in [-0.1, -0.05) is 25.5 Å². The third-order valence-electron chi connectivity index (χ3n) is 2.14. The molecule has 0 atom stereocenters. The summed E-state index contributed by atoms with van der Waals surface area (Å²) in [7, 11) is 1.36. The highest BCUT2D eigenvalue weighted by molar-refractivity contribution is 5.88. The van der Waals surface area contributed by atoms with Crippen LogP contribution in [-0.4, -0.2) is 28.1 Å². The van der Waals surface area contributed by atoms with E-state index in [0.717, 1.165) is 31.5 Å². The van der Waals surface area contributed by atoms with Gasteiger partial charge in [-0.3, -0.25) is 0 Å². The van der Waals surface area contributed by atoms with E-state index in [4.69, 9.17) is 0 Å². The first-order valence-electron chi connectivity index (χ1n) is 5.25. The molecule has 0 unspecified atom stereocenters. The Labute approximate surface area is 89.4 Å². The molecule has 1 aromatic heterocycles. The van der Waals surface area contributed by atoms with E-state index in [9.17, 15) is 4.79 Å². The van der Waals surface area contributed by atoms with Gasteiger partial charge in [-0.15, -0.1) is 5.10 Å². The minimum Gasteiger partial charge on any atom is -0.464 e. The zero-order valence-electron chi connectivity index (χ0n) is 9.49. The van der Waals surface area contributed by atoms with Gasteiger partial charge < -0.3 is 4.74 Å². The molecule has 0 aliphatic carbocycles. The molecular formula is C10H17N3O2. The number of aryl methyl sites for hydroxylation is 1. The lowest BCUT2D eigenvalue weighted by molar-refractivity contribution is 0.0592. The number of hydrogen-bond donors (Lipinski definition) is 0. The van der Waals surface area contributed by atoms with Crippen LogP contribution in [0, 0.1) is 0 Å². The fourth-order valence-electron chi connectivity index (χ4n) is 1.46. The summed E-state index contributed by atoms with van der Waals surface area (Å²) >= 11 is 0. The minimum absolute atomic E-state index is 0.354. The summed E-state index contributed by atoms with van der Waals surface area (Å²) in [6.45, 7) is 4.92. The number of nitrogens with zero attached hydrogens (tertiary/aromatic N) is 3. The Hall–Kier alpha value is -1.39.